The van der Waals surface area contributed by atoms with Crippen molar-refractivity contribution >= 4 is 15.8 Å². The number of benzene rings is 1. The van der Waals surface area contributed by atoms with Crippen LogP contribution in [0.2, 0.25) is 0 Å². The Morgan fingerprint density at radius 2 is 2.19 bits per heavy atom. The van der Waals surface area contributed by atoms with Gasteiger partial charge in [0.25, 0.3) is 0 Å². The van der Waals surface area contributed by atoms with Gasteiger partial charge < -0.3 is 15.4 Å². The molecule has 2 aliphatic rings. The average Bonchev–Trinajstić information content (AvgIpc) is 2.79. The van der Waals surface area contributed by atoms with E-state index in [1.165, 1.54) is 0 Å². The van der Waals surface area contributed by atoms with E-state index < -0.39 is 15.4 Å². The van der Waals surface area contributed by atoms with Crippen molar-refractivity contribution in [1.82, 2.24) is 4.90 Å². The number of nitrogens with zero attached hydrogens (tertiary/aromatic N) is 2. The molecule has 6 nitrogen and oxygen atoms in total. The van der Waals surface area contributed by atoms with Gasteiger partial charge in [-0.1, -0.05) is 18.2 Å². The highest BCUT2D eigenvalue weighted by Crippen LogP contribution is 2.43. The van der Waals surface area contributed by atoms with Gasteiger partial charge in [0.05, 0.1) is 29.3 Å². The summed E-state index contributed by atoms with van der Waals surface area (Å²) in [4.78, 5) is 6.76. The van der Waals surface area contributed by atoms with Gasteiger partial charge in [-0.05, 0) is 18.1 Å². The number of fused-ring (bicyclic) bond motifs is 2. The van der Waals surface area contributed by atoms with Crippen LogP contribution in [-0.4, -0.2) is 51.8 Å². The van der Waals surface area contributed by atoms with Gasteiger partial charge in [-0.2, -0.15) is 0 Å². The molecule has 1 aromatic rings. The molecule has 0 radical (unpaired) electrons. The summed E-state index contributed by atoms with van der Waals surface area (Å²) in [5.41, 5.74) is 6.37. The van der Waals surface area contributed by atoms with E-state index in [0.29, 0.717) is 37.0 Å². The van der Waals surface area contributed by atoms with Crippen LogP contribution in [0.1, 0.15) is 12.0 Å². The maximum Gasteiger partial charge on any atom is 0.192 e. The molecule has 1 unspecified atom stereocenters. The normalized spacial score (nSPS) is 26.7. The van der Waals surface area contributed by atoms with E-state index in [-0.39, 0.29) is 5.75 Å². The zero-order valence-electron chi connectivity index (χ0n) is 11.9. The van der Waals surface area contributed by atoms with E-state index in [2.05, 4.69) is 4.99 Å². The van der Waals surface area contributed by atoms with Gasteiger partial charge in [-0.25, -0.2) is 8.42 Å². The minimum absolute atomic E-state index is 0.121. The number of rotatable bonds is 3. The van der Waals surface area contributed by atoms with Gasteiger partial charge in [0, 0.05) is 13.7 Å². The molecule has 114 valence electrons. The zero-order valence-corrected chi connectivity index (χ0v) is 12.8. The van der Waals surface area contributed by atoms with Crippen LogP contribution in [0.25, 0.3) is 0 Å². The monoisotopic (exact) mass is 309 g/mol. The summed E-state index contributed by atoms with van der Waals surface area (Å²) in [5.74, 6) is 0.581. The molecule has 0 saturated carbocycles. The van der Waals surface area contributed by atoms with E-state index in [1.54, 1.807) is 19.2 Å². The lowest BCUT2D eigenvalue weighted by molar-refractivity contribution is 0.122. The first-order valence-electron chi connectivity index (χ1n) is 6.90. The highest BCUT2D eigenvalue weighted by Gasteiger charge is 2.49. The largest absolute Gasteiger partial charge is 0.383 e. The van der Waals surface area contributed by atoms with Crippen LogP contribution in [0.5, 0.6) is 0 Å². The fourth-order valence-electron chi connectivity index (χ4n) is 3.23. The van der Waals surface area contributed by atoms with Crippen LogP contribution in [0, 0.1) is 0 Å². The predicted molar refractivity (Wildman–Crippen MR) is 79.9 cm³/mol. The predicted octanol–water partition coefficient (Wildman–Crippen LogP) is 0.336. The van der Waals surface area contributed by atoms with Gasteiger partial charge >= 0.3 is 0 Å². The van der Waals surface area contributed by atoms with E-state index in [0.717, 1.165) is 5.56 Å². The molecule has 3 rings (SSSR count). The van der Waals surface area contributed by atoms with Gasteiger partial charge in [0.1, 0.15) is 0 Å². The number of hydrogen-bond acceptors (Lipinski definition) is 6. The maximum absolute atomic E-state index is 12.3. The van der Waals surface area contributed by atoms with Crippen molar-refractivity contribution in [1.29, 1.82) is 0 Å². The van der Waals surface area contributed by atoms with Crippen molar-refractivity contribution in [2.24, 2.45) is 10.7 Å². The number of guanidine groups is 1. The van der Waals surface area contributed by atoms with E-state index in [1.807, 2.05) is 17.0 Å². The fraction of sp³-hybridized carbons (Fsp3) is 0.500. The van der Waals surface area contributed by atoms with Crippen molar-refractivity contribution < 1.29 is 13.2 Å². The molecule has 7 heteroatoms. The first-order chi connectivity index (χ1) is 10.0. The van der Waals surface area contributed by atoms with Crippen LogP contribution >= 0.6 is 0 Å². The molecule has 2 aliphatic heterocycles. The quantitative estimate of drug-likeness (QED) is 0.870. The number of methoxy groups -OCH3 is 1. The molecule has 1 spiro atoms. The number of hydrogen-bond donors (Lipinski definition) is 1. The molecule has 2 heterocycles. The molecule has 0 amide bonds. The Labute approximate surface area is 124 Å². The second-order valence-corrected chi connectivity index (χ2v) is 7.49. The van der Waals surface area contributed by atoms with Crippen molar-refractivity contribution in [2.75, 3.05) is 32.6 Å². The second kappa shape index (κ2) is 4.99. The molecule has 1 aromatic carbocycles. The molecule has 0 fully saturated rings. The number of ether oxygens (including phenoxy) is 1. The van der Waals surface area contributed by atoms with Crippen molar-refractivity contribution in [3.05, 3.63) is 29.8 Å². The lowest BCUT2D eigenvalue weighted by Gasteiger charge is -2.43. The lowest BCUT2D eigenvalue weighted by atomic mass is 9.85. The SMILES string of the molecule is COCCN1C(N)=NCC12CCS(=O)(=O)c1ccccc12. The summed E-state index contributed by atoms with van der Waals surface area (Å²) in [7, 11) is -1.58. The van der Waals surface area contributed by atoms with Crippen LogP contribution in [0.3, 0.4) is 0 Å². The lowest BCUT2D eigenvalue weighted by Crippen LogP contribution is -2.53. The number of aliphatic imine (C=N–C) groups is 1. The maximum atomic E-state index is 12.3. The Bertz CT molecular complexity index is 686. The fourth-order valence-corrected chi connectivity index (χ4v) is 4.93. The van der Waals surface area contributed by atoms with Crippen LogP contribution < -0.4 is 5.73 Å². The molecule has 1 atom stereocenters. The summed E-state index contributed by atoms with van der Waals surface area (Å²) in [6.45, 7) is 1.61. The highest BCUT2D eigenvalue weighted by atomic mass is 32.2. The Morgan fingerprint density at radius 3 is 2.95 bits per heavy atom. The standard InChI is InChI=1S/C14H19N3O3S/c1-20-8-7-17-13(15)16-10-14(17)6-9-21(18,19)12-5-3-2-4-11(12)14/h2-5H,6-10H2,1H3,(H2,15,16). The average molecular weight is 309 g/mol. The third-order valence-electron chi connectivity index (χ3n) is 4.32. The molecule has 0 bridgehead atoms. The molecule has 0 aliphatic carbocycles. The number of sulfone groups is 1. The summed E-state index contributed by atoms with van der Waals surface area (Å²) in [5, 5.41) is 0. The van der Waals surface area contributed by atoms with Crippen LogP contribution in [-0.2, 0) is 20.1 Å². The second-order valence-electron chi connectivity index (χ2n) is 5.42. The topological polar surface area (TPSA) is 85.0 Å². The molecule has 0 saturated heterocycles. The third-order valence-corrected chi connectivity index (χ3v) is 6.09. The van der Waals surface area contributed by atoms with Gasteiger partial charge in [0.15, 0.2) is 15.8 Å². The molecule has 0 aromatic heterocycles. The molecular weight excluding hydrogens is 290 g/mol. The van der Waals surface area contributed by atoms with Crippen LogP contribution in [0.15, 0.2) is 34.2 Å². The molecular formula is C14H19N3O3S. The summed E-state index contributed by atoms with van der Waals surface area (Å²) < 4.78 is 29.8. The van der Waals surface area contributed by atoms with Gasteiger partial charge in [-0.15, -0.1) is 0 Å². The third kappa shape index (κ3) is 2.11. The Morgan fingerprint density at radius 1 is 1.43 bits per heavy atom. The summed E-state index contributed by atoms with van der Waals surface area (Å²) in [6.07, 6.45) is 0.500. The number of nitrogens with two attached hydrogens (primary N) is 1. The summed E-state index contributed by atoms with van der Waals surface area (Å²) >= 11 is 0. The summed E-state index contributed by atoms with van der Waals surface area (Å²) in [6, 6.07) is 7.17. The minimum atomic E-state index is -3.22. The Hall–Kier alpha value is -1.60. The zero-order chi connectivity index (χ0) is 15.1. The Balaban J connectivity index is 2.10. The smallest absolute Gasteiger partial charge is 0.192 e. The van der Waals surface area contributed by atoms with E-state index in [9.17, 15) is 8.42 Å². The van der Waals surface area contributed by atoms with Crippen LogP contribution in [0.4, 0.5) is 0 Å². The first kappa shape index (κ1) is 14.3. The van der Waals surface area contributed by atoms with Crippen molar-refractivity contribution in [3.8, 4) is 0 Å². The highest BCUT2D eigenvalue weighted by molar-refractivity contribution is 7.91. The first-order valence-corrected chi connectivity index (χ1v) is 8.55. The molecule has 21 heavy (non-hydrogen) atoms. The molecule has 2 N–H and O–H groups in total. The Kier molecular flexibility index (Phi) is 3.41. The van der Waals surface area contributed by atoms with Gasteiger partial charge in [0.2, 0.25) is 0 Å². The van der Waals surface area contributed by atoms with E-state index in [4.69, 9.17) is 10.5 Å². The minimum Gasteiger partial charge on any atom is -0.383 e. The van der Waals surface area contributed by atoms with Crippen molar-refractivity contribution in [3.63, 3.8) is 0 Å². The van der Waals surface area contributed by atoms with Crippen molar-refractivity contribution in [2.45, 2.75) is 16.9 Å². The van der Waals surface area contributed by atoms with Gasteiger partial charge in [-0.3, -0.25) is 4.99 Å². The van der Waals surface area contributed by atoms with E-state index >= 15 is 0 Å².